The minimum absolute atomic E-state index is 0.00743. The summed E-state index contributed by atoms with van der Waals surface area (Å²) in [7, 11) is 0. The Morgan fingerprint density at radius 2 is 1.93 bits per heavy atom. The second kappa shape index (κ2) is 12.7. The molecule has 0 aliphatic carbocycles. The molecule has 5 rings (SSSR count). The van der Waals surface area contributed by atoms with Crippen LogP contribution in [0.4, 0.5) is 33.5 Å². The number of nitrogens with one attached hydrogen (secondary N) is 1. The largest absolute Gasteiger partial charge is 0.494 e. The van der Waals surface area contributed by atoms with E-state index in [0.717, 1.165) is 23.2 Å². The molecule has 236 valence electrons. The van der Waals surface area contributed by atoms with Crippen LogP contribution in [0.5, 0.6) is 5.75 Å². The number of carbonyl (C=O) groups is 2. The van der Waals surface area contributed by atoms with Crippen LogP contribution in [0, 0.1) is 11.6 Å². The molecule has 0 spiro atoms. The summed E-state index contributed by atoms with van der Waals surface area (Å²) < 4.78 is 87.4. The van der Waals surface area contributed by atoms with E-state index in [4.69, 9.17) is 19.1 Å². The predicted molar refractivity (Wildman–Crippen MR) is 148 cm³/mol. The first-order valence-corrected chi connectivity index (χ1v) is 13.4. The number of alkyl halides is 3. The average Bonchev–Trinajstić information content (AvgIpc) is 3.65. The normalized spacial score (nSPS) is 13.2. The average molecular weight is 634 g/mol. The number of hydrogen-bond donors (Lipinski definition) is 2. The molecule has 4 aromatic rings. The quantitative estimate of drug-likeness (QED) is 0.149. The summed E-state index contributed by atoms with van der Waals surface area (Å²) in [4.78, 5) is 28.5. The number of hydrogen-bond acceptors (Lipinski definition) is 9. The third kappa shape index (κ3) is 6.58. The zero-order valence-electron chi connectivity index (χ0n) is 23.3. The summed E-state index contributed by atoms with van der Waals surface area (Å²) in [5, 5.41) is 13.9. The Balaban J connectivity index is 1.51. The van der Waals surface area contributed by atoms with Gasteiger partial charge in [-0.3, -0.25) is 15.2 Å². The number of imidazole rings is 1. The van der Waals surface area contributed by atoms with E-state index in [1.807, 2.05) is 6.92 Å². The minimum Gasteiger partial charge on any atom is -0.494 e. The lowest BCUT2D eigenvalue weighted by Gasteiger charge is -2.26. The monoisotopic (exact) mass is 633 g/mol. The molecule has 1 atom stereocenters. The summed E-state index contributed by atoms with van der Waals surface area (Å²) in [6.45, 7) is 1.51. The highest BCUT2D eigenvalue weighted by atomic mass is 19.4. The van der Waals surface area contributed by atoms with Crippen molar-refractivity contribution >= 4 is 29.5 Å². The number of carbonyl (C=O) groups excluding carboxylic acids is 1. The molecule has 1 aliphatic heterocycles. The molecule has 0 fully saturated rings. The standard InChI is InChI=1S/C29H24F5N5O6/c1-2-11-43-16-6-7-17(18(13-16)29(32,33)34)20-14-23(45-37-20)26(28(42)44-12-9-24(40)41)38-15-35-27-22(38)8-10-39(36-27)21-5-3-4-19(30)25(21)31/h3-8,10,13-15,26,36H,2,9,11-12H2,1H3,(H,40,41). The van der Waals surface area contributed by atoms with Gasteiger partial charge in [0.05, 0.1) is 30.6 Å². The SMILES string of the molecule is CCCOc1ccc(-c2cc(C(C(=O)OCCC(=O)O)n3cnc4c3C=CN(c3cccc(F)c3F)N4)on2)c(C(F)(F)F)c1. The number of ether oxygens (including phenoxy) is 2. The van der Waals surface area contributed by atoms with Gasteiger partial charge < -0.3 is 23.7 Å². The molecule has 1 aliphatic rings. The van der Waals surface area contributed by atoms with Crippen LogP contribution in [-0.4, -0.2) is 45.0 Å². The van der Waals surface area contributed by atoms with Crippen LogP contribution in [0.2, 0.25) is 0 Å². The fourth-order valence-electron chi connectivity index (χ4n) is 4.46. The fourth-order valence-corrected chi connectivity index (χ4v) is 4.46. The number of halogens is 5. The second-order valence-corrected chi connectivity index (χ2v) is 9.64. The van der Waals surface area contributed by atoms with Crippen molar-refractivity contribution < 1.29 is 50.6 Å². The number of aliphatic carboxylic acids is 1. The van der Waals surface area contributed by atoms with Gasteiger partial charge in [-0.25, -0.2) is 18.6 Å². The topological polar surface area (TPSA) is 132 Å². The molecule has 0 saturated heterocycles. The lowest BCUT2D eigenvalue weighted by Crippen LogP contribution is -2.29. The molecular formula is C29H24F5N5O6. The molecule has 2 N–H and O–H groups in total. The van der Waals surface area contributed by atoms with Gasteiger partial charge in [-0.1, -0.05) is 18.1 Å². The Morgan fingerprint density at radius 3 is 2.67 bits per heavy atom. The molecule has 3 heterocycles. The highest BCUT2D eigenvalue weighted by molar-refractivity contribution is 5.80. The van der Waals surface area contributed by atoms with Gasteiger partial charge in [0.1, 0.15) is 23.7 Å². The van der Waals surface area contributed by atoms with E-state index in [2.05, 4.69) is 15.6 Å². The molecule has 1 unspecified atom stereocenters. The van der Waals surface area contributed by atoms with E-state index in [1.165, 1.54) is 47.4 Å². The smallest absolute Gasteiger partial charge is 0.417 e. The van der Waals surface area contributed by atoms with E-state index >= 15 is 0 Å². The number of carboxylic acids is 1. The highest BCUT2D eigenvalue weighted by Gasteiger charge is 2.37. The van der Waals surface area contributed by atoms with Gasteiger partial charge in [-0.15, -0.1) is 0 Å². The van der Waals surface area contributed by atoms with Crippen LogP contribution in [0.3, 0.4) is 0 Å². The second-order valence-electron chi connectivity index (χ2n) is 9.64. The van der Waals surface area contributed by atoms with E-state index < -0.39 is 54.4 Å². The molecule has 0 amide bonds. The van der Waals surface area contributed by atoms with Crippen LogP contribution in [0.1, 0.15) is 42.8 Å². The maximum atomic E-state index is 14.4. The van der Waals surface area contributed by atoms with E-state index in [-0.39, 0.29) is 46.6 Å². The first kappa shape index (κ1) is 31.0. The number of nitrogens with zero attached hydrogens (tertiary/aromatic N) is 4. The van der Waals surface area contributed by atoms with Gasteiger partial charge in [-0.05, 0) is 42.8 Å². The summed E-state index contributed by atoms with van der Waals surface area (Å²) in [5.74, 6) is -4.62. The summed E-state index contributed by atoms with van der Waals surface area (Å²) in [5.41, 5.74) is 1.18. The van der Waals surface area contributed by atoms with Crippen molar-refractivity contribution in [3.05, 3.63) is 83.6 Å². The van der Waals surface area contributed by atoms with Gasteiger partial charge in [-0.2, -0.15) is 13.2 Å². The minimum atomic E-state index is -4.79. The Kier molecular flexibility index (Phi) is 8.74. The van der Waals surface area contributed by atoms with Gasteiger partial charge in [0.15, 0.2) is 29.3 Å². The molecule has 2 aromatic carbocycles. The predicted octanol–water partition coefficient (Wildman–Crippen LogP) is 6.05. The van der Waals surface area contributed by atoms with Crippen LogP contribution >= 0.6 is 0 Å². The van der Waals surface area contributed by atoms with Crippen molar-refractivity contribution in [2.24, 2.45) is 0 Å². The van der Waals surface area contributed by atoms with Crippen LogP contribution < -0.4 is 15.2 Å². The number of anilines is 2. The molecule has 2 aromatic heterocycles. The summed E-state index contributed by atoms with van der Waals surface area (Å²) >= 11 is 0. The third-order valence-electron chi connectivity index (χ3n) is 6.54. The zero-order chi connectivity index (χ0) is 32.3. The van der Waals surface area contributed by atoms with Crippen LogP contribution in [0.25, 0.3) is 17.3 Å². The van der Waals surface area contributed by atoms with Gasteiger partial charge >= 0.3 is 18.1 Å². The molecule has 0 bridgehead atoms. The number of esters is 1. The number of rotatable bonds is 11. The number of fused-ring (bicyclic) bond motifs is 1. The van der Waals surface area contributed by atoms with Crippen LogP contribution in [0.15, 0.2) is 59.5 Å². The molecule has 0 radical (unpaired) electrons. The number of benzene rings is 2. The maximum Gasteiger partial charge on any atom is 0.417 e. The lowest BCUT2D eigenvalue weighted by molar-refractivity contribution is -0.149. The molecular weight excluding hydrogens is 609 g/mol. The molecule has 0 saturated carbocycles. The van der Waals surface area contributed by atoms with Gasteiger partial charge in [0.2, 0.25) is 0 Å². The highest BCUT2D eigenvalue weighted by Crippen LogP contribution is 2.40. The number of aromatic nitrogens is 3. The van der Waals surface area contributed by atoms with Crippen molar-refractivity contribution in [2.75, 3.05) is 23.6 Å². The number of carboxylic acid groups (broad SMARTS) is 1. The lowest BCUT2D eigenvalue weighted by atomic mass is 10.0. The Labute approximate surface area is 251 Å². The summed E-state index contributed by atoms with van der Waals surface area (Å²) in [6.07, 6.45) is -0.799. The maximum absolute atomic E-state index is 14.4. The molecule has 16 heteroatoms. The van der Waals surface area contributed by atoms with Gasteiger partial charge in [0.25, 0.3) is 0 Å². The van der Waals surface area contributed by atoms with Crippen LogP contribution in [-0.2, 0) is 20.5 Å². The Hall–Kier alpha value is -5.41. The van der Waals surface area contributed by atoms with Crippen molar-refractivity contribution in [1.29, 1.82) is 0 Å². The third-order valence-corrected chi connectivity index (χ3v) is 6.54. The molecule has 11 nitrogen and oxygen atoms in total. The Morgan fingerprint density at radius 1 is 1.13 bits per heavy atom. The number of hydrazine groups is 1. The van der Waals surface area contributed by atoms with Crippen molar-refractivity contribution in [3.63, 3.8) is 0 Å². The van der Waals surface area contributed by atoms with E-state index in [1.54, 1.807) is 0 Å². The molecule has 45 heavy (non-hydrogen) atoms. The van der Waals surface area contributed by atoms with E-state index in [0.29, 0.717) is 6.42 Å². The fraction of sp³-hybridized carbons (Fsp3) is 0.241. The van der Waals surface area contributed by atoms with Gasteiger partial charge in [0, 0.05) is 17.8 Å². The van der Waals surface area contributed by atoms with Crippen molar-refractivity contribution in [2.45, 2.75) is 32.0 Å². The Bertz CT molecular complexity index is 1750. The first-order valence-electron chi connectivity index (χ1n) is 13.4. The zero-order valence-corrected chi connectivity index (χ0v) is 23.3. The van der Waals surface area contributed by atoms with E-state index in [9.17, 15) is 31.5 Å². The van der Waals surface area contributed by atoms with Crippen molar-refractivity contribution in [1.82, 2.24) is 14.7 Å². The van der Waals surface area contributed by atoms with Crippen molar-refractivity contribution in [3.8, 4) is 17.0 Å². The summed E-state index contributed by atoms with van der Waals surface area (Å²) in [6, 6.07) is 6.52. The first-order chi connectivity index (χ1) is 21.5.